The number of anilines is 1. The van der Waals surface area contributed by atoms with E-state index in [1.54, 1.807) is 6.07 Å². The molecule has 0 radical (unpaired) electrons. The molecule has 1 saturated heterocycles. The van der Waals surface area contributed by atoms with Crippen LogP contribution in [0.1, 0.15) is 50.5 Å². The maximum absolute atomic E-state index is 12.6. The van der Waals surface area contributed by atoms with Gasteiger partial charge in [-0.15, -0.1) is 0 Å². The quantitative estimate of drug-likeness (QED) is 0.907. The Morgan fingerprint density at radius 1 is 1.29 bits per heavy atom. The Morgan fingerprint density at radius 2 is 2.05 bits per heavy atom. The predicted molar refractivity (Wildman–Crippen MR) is 86.5 cm³/mol. The molecule has 4 heteroatoms. The minimum absolute atomic E-state index is 0.0571. The number of hydrogen-bond donors (Lipinski definition) is 1. The van der Waals surface area contributed by atoms with Gasteiger partial charge in [0, 0.05) is 20.1 Å². The van der Waals surface area contributed by atoms with Crippen molar-refractivity contribution in [1.82, 2.24) is 9.88 Å². The van der Waals surface area contributed by atoms with Gasteiger partial charge in [0.2, 0.25) is 0 Å². The Hall–Kier alpha value is -1.58. The molecule has 0 aliphatic carbocycles. The lowest BCUT2D eigenvalue weighted by molar-refractivity contribution is 0.0750. The van der Waals surface area contributed by atoms with Gasteiger partial charge in [-0.05, 0) is 42.7 Å². The van der Waals surface area contributed by atoms with E-state index in [1.807, 2.05) is 24.1 Å². The van der Waals surface area contributed by atoms with Gasteiger partial charge in [0.1, 0.15) is 11.5 Å². The number of carbonyl (C=O) groups is 1. The van der Waals surface area contributed by atoms with E-state index in [-0.39, 0.29) is 5.91 Å². The van der Waals surface area contributed by atoms with Gasteiger partial charge in [-0.2, -0.15) is 0 Å². The van der Waals surface area contributed by atoms with Crippen molar-refractivity contribution in [2.24, 2.45) is 11.3 Å². The lowest BCUT2D eigenvalue weighted by atomic mass is 9.77. The fourth-order valence-corrected chi connectivity index (χ4v) is 3.02. The Kier molecular flexibility index (Phi) is 4.86. The summed E-state index contributed by atoms with van der Waals surface area (Å²) in [5, 5.41) is 2.98. The summed E-state index contributed by atoms with van der Waals surface area (Å²) >= 11 is 0. The van der Waals surface area contributed by atoms with Crippen LogP contribution in [0.4, 0.5) is 5.82 Å². The van der Waals surface area contributed by atoms with Crippen LogP contribution in [-0.4, -0.2) is 35.9 Å². The first-order valence-electron chi connectivity index (χ1n) is 7.86. The summed E-state index contributed by atoms with van der Waals surface area (Å²) < 4.78 is 0. The molecule has 116 valence electrons. The Morgan fingerprint density at radius 3 is 2.71 bits per heavy atom. The van der Waals surface area contributed by atoms with Crippen LogP contribution in [0.2, 0.25) is 0 Å². The number of aromatic nitrogens is 1. The van der Waals surface area contributed by atoms with E-state index in [0.717, 1.165) is 31.7 Å². The van der Waals surface area contributed by atoms with Gasteiger partial charge in [-0.25, -0.2) is 4.98 Å². The highest BCUT2D eigenvalue weighted by molar-refractivity contribution is 5.92. The lowest BCUT2D eigenvalue weighted by Gasteiger charge is -2.29. The molecule has 1 fully saturated rings. The van der Waals surface area contributed by atoms with E-state index < -0.39 is 0 Å². The highest BCUT2D eigenvalue weighted by atomic mass is 16.2. The summed E-state index contributed by atoms with van der Waals surface area (Å²) in [6.45, 7) is 8.58. The molecule has 1 atom stereocenters. The van der Waals surface area contributed by atoms with Gasteiger partial charge in [0.05, 0.1) is 0 Å². The van der Waals surface area contributed by atoms with Crippen LogP contribution in [-0.2, 0) is 0 Å². The molecule has 0 saturated carbocycles. The molecule has 2 rings (SSSR count). The number of carbonyl (C=O) groups excluding carboxylic acids is 1. The first-order chi connectivity index (χ1) is 9.91. The van der Waals surface area contributed by atoms with Crippen molar-refractivity contribution < 1.29 is 4.79 Å². The van der Waals surface area contributed by atoms with Crippen LogP contribution in [0.3, 0.4) is 0 Å². The van der Waals surface area contributed by atoms with Crippen LogP contribution in [0.5, 0.6) is 0 Å². The van der Waals surface area contributed by atoms with Gasteiger partial charge in [0.15, 0.2) is 0 Å². The van der Waals surface area contributed by atoms with E-state index in [2.05, 4.69) is 31.1 Å². The first-order valence-corrected chi connectivity index (χ1v) is 7.86. The van der Waals surface area contributed by atoms with Gasteiger partial charge in [-0.3, -0.25) is 4.79 Å². The lowest BCUT2D eigenvalue weighted by Crippen LogP contribution is -2.33. The van der Waals surface area contributed by atoms with Crippen molar-refractivity contribution in [1.29, 1.82) is 0 Å². The second kappa shape index (κ2) is 6.46. The number of hydrogen-bond acceptors (Lipinski definition) is 3. The van der Waals surface area contributed by atoms with E-state index in [4.69, 9.17) is 0 Å². The van der Waals surface area contributed by atoms with Gasteiger partial charge < -0.3 is 10.2 Å². The van der Waals surface area contributed by atoms with E-state index >= 15 is 0 Å². The second-order valence-electron chi connectivity index (χ2n) is 6.94. The van der Waals surface area contributed by atoms with Crippen molar-refractivity contribution >= 4 is 11.7 Å². The zero-order valence-electron chi connectivity index (χ0n) is 13.6. The van der Waals surface area contributed by atoms with Gasteiger partial charge >= 0.3 is 0 Å². The average molecular weight is 289 g/mol. The monoisotopic (exact) mass is 289 g/mol. The van der Waals surface area contributed by atoms with Crippen LogP contribution >= 0.6 is 0 Å². The maximum atomic E-state index is 12.6. The number of likely N-dealkylation sites (tertiary alicyclic amines) is 1. The first kappa shape index (κ1) is 15.8. The molecule has 1 aliphatic heterocycles. The summed E-state index contributed by atoms with van der Waals surface area (Å²) in [5.41, 5.74) is 0.861. The smallest absolute Gasteiger partial charge is 0.272 e. The van der Waals surface area contributed by atoms with Gasteiger partial charge in [-0.1, -0.05) is 26.8 Å². The summed E-state index contributed by atoms with van der Waals surface area (Å²) in [7, 11) is 1.82. The molecule has 0 aromatic carbocycles. The number of pyridine rings is 1. The van der Waals surface area contributed by atoms with Crippen LogP contribution in [0, 0.1) is 11.3 Å². The summed E-state index contributed by atoms with van der Waals surface area (Å²) in [6, 6.07) is 5.55. The largest absolute Gasteiger partial charge is 0.373 e. The molecule has 1 unspecified atom stereocenters. The van der Waals surface area contributed by atoms with Crippen LogP contribution in [0.25, 0.3) is 0 Å². The number of amides is 1. The molecule has 0 spiro atoms. The van der Waals surface area contributed by atoms with Crippen LogP contribution < -0.4 is 5.32 Å². The number of nitrogens with zero attached hydrogens (tertiary/aromatic N) is 2. The Balaban J connectivity index is 2.06. The predicted octanol–water partition coefficient (Wildman–Crippen LogP) is 3.41. The topological polar surface area (TPSA) is 45.2 Å². The minimum Gasteiger partial charge on any atom is -0.373 e. The summed E-state index contributed by atoms with van der Waals surface area (Å²) in [6.07, 6.45) is 3.37. The fraction of sp³-hybridized carbons (Fsp3) is 0.647. The zero-order chi connectivity index (χ0) is 15.5. The van der Waals surface area contributed by atoms with Crippen molar-refractivity contribution in [3.8, 4) is 0 Å². The zero-order valence-corrected chi connectivity index (χ0v) is 13.6. The third kappa shape index (κ3) is 3.96. The molecule has 21 heavy (non-hydrogen) atoms. The normalized spacial score (nSPS) is 20.0. The van der Waals surface area contributed by atoms with Crippen molar-refractivity contribution in [3.63, 3.8) is 0 Å². The van der Waals surface area contributed by atoms with E-state index in [1.165, 1.54) is 6.42 Å². The SMILES string of the molecule is CNc1cccc(C(=O)N2CCCC(C(C)(C)C)CC2)n1. The van der Waals surface area contributed by atoms with Gasteiger partial charge in [0.25, 0.3) is 5.91 Å². The molecule has 4 nitrogen and oxygen atoms in total. The molecule has 1 N–H and O–H groups in total. The van der Waals surface area contributed by atoms with Crippen molar-refractivity contribution in [2.45, 2.75) is 40.0 Å². The summed E-state index contributed by atoms with van der Waals surface area (Å²) in [5.74, 6) is 1.48. The highest BCUT2D eigenvalue weighted by Gasteiger charge is 2.29. The number of rotatable bonds is 2. The molecule has 1 aromatic rings. The fourth-order valence-electron chi connectivity index (χ4n) is 3.02. The molecular weight excluding hydrogens is 262 g/mol. The molecule has 2 heterocycles. The van der Waals surface area contributed by atoms with Crippen molar-refractivity contribution in [2.75, 3.05) is 25.5 Å². The van der Waals surface area contributed by atoms with E-state index in [0.29, 0.717) is 17.0 Å². The molecule has 0 bridgehead atoms. The second-order valence-corrected chi connectivity index (χ2v) is 6.94. The molecule has 1 aromatic heterocycles. The number of nitrogens with one attached hydrogen (secondary N) is 1. The Bertz CT molecular complexity index is 493. The molecular formula is C17H27N3O. The third-order valence-corrected chi connectivity index (χ3v) is 4.46. The van der Waals surface area contributed by atoms with Crippen LogP contribution in [0.15, 0.2) is 18.2 Å². The third-order valence-electron chi connectivity index (χ3n) is 4.46. The standard InChI is InChI=1S/C17H27N3O/c1-17(2,3)13-7-6-11-20(12-10-13)16(21)14-8-5-9-15(18-4)19-14/h5,8-9,13H,6-7,10-12H2,1-4H3,(H,18,19). The highest BCUT2D eigenvalue weighted by Crippen LogP contribution is 2.34. The maximum Gasteiger partial charge on any atom is 0.272 e. The van der Waals surface area contributed by atoms with Crippen molar-refractivity contribution in [3.05, 3.63) is 23.9 Å². The summed E-state index contributed by atoms with van der Waals surface area (Å²) in [4.78, 5) is 18.9. The molecule has 1 aliphatic rings. The Labute approximate surface area is 127 Å². The minimum atomic E-state index is 0.0571. The van der Waals surface area contributed by atoms with E-state index in [9.17, 15) is 4.79 Å². The average Bonchev–Trinajstić information content (AvgIpc) is 2.72. The molecule has 1 amide bonds.